The van der Waals surface area contributed by atoms with E-state index in [2.05, 4.69) is 27.5 Å². The SMILES string of the molecule is CN1CCN(c2ccc(NC(=O)c3ccccc3O)cc2NC(=O)c2ccccc2O)CC1.Cl. The second-order valence-corrected chi connectivity index (χ2v) is 7.96. The number of nitrogens with zero attached hydrogens (tertiary/aromatic N) is 2. The molecule has 0 spiro atoms. The molecule has 0 bridgehead atoms. The second kappa shape index (κ2) is 10.9. The Bertz CT molecular complexity index is 1180. The van der Waals surface area contributed by atoms with Crippen molar-refractivity contribution in [3.05, 3.63) is 77.9 Å². The molecular weight excluding hydrogens is 456 g/mol. The number of carbonyl (C=O) groups excluding carboxylic acids is 2. The standard InChI is InChI=1S/C25H26N4O4.ClH/c1-28-12-14-29(15-13-28)21-11-10-17(26-24(32)18-6-2-4-8-22(18)30)16-20(21)27-25(33)19-7-3-5-9-23(19)31;/h2-11,16,30-31H,12-15H2,1H3,(H,26,32)(H,27,33);1H. The van der Waals surface area contributed by atoms with Gasteiger partial charge in [0.2, 0.25) is 0 Å². The summed E-state index contributed by atoms with van der Waals surface area (Å²) in [6.07, 6.45) is 0. The van der Waals surface area contributed by atoms with Gasteiger partial charge in [-0.1, -0.05) is 24.3 Å². The van der Waals surface area contributed by atoms with E-state index in [1.165, 1.54) is 18.2 Å². The lowest BCUT2D eigenvalue weighted by molar-refractivity contribution is 0.101. The Morgan fingerprint density at radius 1 is 0.765 bits per heavy atom. The summed E-state index contributed by atoms with van der Waals surface area (Å²) in [5.74, 6) is -1.14. The smallest absolute Gasteiger partial charge is 0.259 e. The third kappa shape index (κ3) is 5.59. The van der Waals surface area contributed by atoms with Crippen molar-refractivity contribution < 1.29 is 19.8 Å². The lowest BCUT2D eigenvalue weighted by atomic mass is 10.1. The third-order valence-corrected chi connectivity index (χ3v) is 5.64. The van der Waals surface area contributed by atoms with Crippen molar-refractivity contribution in [2.24, 2.45) is 0 Å². The number of nitrogens with one attached hydrogen (secondary N) is 2. The van der Waals surface area contributed by atoms with Gasteiger partial charge in [-0.05, 0) is 49.5 Å². The van der Waals surface area contributed by atoms with E-state index in [0.29, 0.717) is 11.4 Å². The minimum absolute atomic E-state index is 0. The average Bonchev–Trinajstić information content (AvgIpc) is 2.80. The Hall–Kier alpha value is -3.75. The first-order valence-electron chi connectivity index (χ1n) is 10.7. The molecule has 3 aromatic rings. The minimum Gasteiger partial charge on any atom is -0.507 e. The Labute approximate surface area is 204 Å². The van der Waals surface area contributed by atoms with Crippen LogP contribution in [-0.4, -0.2) is 60.2 Å². The maximum absolute atomic E-state index is 12.9. The number of piperazine rings is 1. The number of carbonyl (C=O) groups is 2. The first kappa shape index (κ1) is 24.9. The number of hydrogen-bond donors (Lipinski definition) is 4. The van der Waals surface area contributed by atoms with Gasteiger partial charge in [0.25, 0.3) is 11.8 Å². The van der Waals surface area contributed by atoms with Gasteiger partial charge in [-0.2, -0.15) is 0 Å². The molecular formula is C25H27ClN4O4. The molecule has 1 saturated heterocycles. The van der Waals surface area contributed by atoms with Crippen molar-refractivity contribution in [1.29, 1.82) is 0 Å². The molecule has 178 valence electrons. The van der Waals surface area contributed by atoms with Crippen LogP contribution in [0.25, 0.3) is 0 Å². The molecule has 0 atom stereocenters. The van der Waals surface area contributed by atoms with E-state index >= 15 is 0 Å². The van der Waals surface area contributed by atoms with Crippen molar-refractivity contribution >= 4 is 41.3 Å². The number of halogens is 1. The number of amides is 2. The number of phenolic OH excluding ortho intramolecular Hbond substituents is 2. The van der Waals surface area contributed by atoms with Crippen LogP contribution >= 0.6 is 12.4 Å². The van der Waals surface area contributed by atoms with Crippen LogP contribution < -0.4 is 15.5 Å². The number of para-hydroxylation sites is 2. The predicted molar refractivity (Wildman–Crippen MR) is 136 cm³/mol. The zero-order chi connectivity index (χ0) is 23.4. The van der Waals surface area contributed by atoms with Gasteiger partial charge in [0.15, 0.2) is 0 Å². The molecule has 2 amide bonds. The summed E-state index contributed by atoms with van der Waals surface area (Å²) in [5, 5.41) is 25.7. The van der Waals surface area contributed by atoms with Crippen LogP contribution in [0.15, 0.2) is 66.7 Å². The first-order chi connectivity index (χ1) is 15.9. The molecule has 34 heavy (non-hydrogen) atoms. The summed E-state index contributed by atoms with van der Waals surface area (Å²) in [7, 11) is 2.07. The van der Waals surface area contributed by atoms with E-state index in [4.69, 9.17) is 0 Å². The van der Waals surface area contributed by atoms with Crippen LogP contribution in [0.2, 0.25) is 0 Å². The molecule has 1 heterocycles. The maximum atomic E-state index is 12.9. The van der Waals surface area contributed by atoms with Crippen LogP contribution in [-0.2, 0) is 0 Å². The van der Waals surface area contributed by atoms with Gasteiger partial charge in [0.05, 0.1) is 22.5 Å². The molecule has 3 aromatic carbocycles. The molecule has 1 aliphatic heterocycles. The first-order valence-corrected chi connectivity index (χ1v) is 10.7. The Balaban J connectivity index is 0.00000324. The monoisotopic (exact) mass is 482 g/mol. The fraction of sp³-hybridized carbons (Fsp3) is 0.200. The van der Waals surface area contributed by atoms with Gasteiger partial charge < -0.3 is 30.6 Å². The van der Waals surface area contributed by atoms with Gasteiger partial charge in [-0.15, -0.1) is 12.4 Å². The molecule has 0 aliphatic carbocycles. The molecule has 4 N–H and O–H groups in total. The summed E-state index contributed by atoms with van der Waals surface area (Å²) < 4.78 is 0. The highest BCUT2D eigenvalue weighted by Crippen LogP contribution is 2.32. The quantitative estimate of drug-likeness (QED) is 0.441. The number of phenols is 2. The van der Waals surface area contributed by atoms with E-state index in [-0.39, 0.29) is 35.0 Å². The van der Waals surface area contributed by atoms with Crippen LogP contribution in [0.3, 0.4) is 0 Å². The summed E-state index contributed by atoms with van der Waals surface area (Å²) in [6, 6.07) is 17.9. The van der Waals surface area contributed by atoms with Crippen LogP contribution in [0.1, 0.15) is 20.7 Å². The summed E-state index contributed by atoms with van der Waals surface area (Å²) >= 11 is 0. The Morgan fingerprint density at radius 2 is 1.29 bits per heavy atom. The van der Waals surface area contributed by atoms with Gasteiger partial charge in [-0.3, -0.25) is 9.59 Å². The number of hydrogen-bond acceptors (Lipinski definition) is 6. The predicted octanol–water partition coefficient (Wildman–Crippen LogP) is 3.78. The molecule has 0 aromatic heterocycles. The fourth-order valence-electron chi connectivity index (χ4n) is 3.76. The Kier molecular flexibility index (Phi) is 7.99. The number of rotatable bonds is 5. The minimum atomic E-state index is -0.460. The van der Waals surface area contributed by atoms with E-state index in [9.17, 15) is 19.8 Å². The van der Waals surface area contributed by atoms with Crippen molar-refractivity contribution in [3.8, 4) is 11.5 Å². The number of aromatic hydroxyl groups is 2. The average molecular weight is 483 g/mol. The zero-order valence-electron chi connectivity index (χ0n) is 18.7. The van der Waals surface area contributed by atoms with Crippen LogP contribution in [0.4, 0.5) is 17.1 Å². The maximum Gasteiger partial charge on any atom is 0.259 e. The van der Waals surface area contributed by atoms with Gasteiger partial charge >= 0.3 is 0 Å². The molecule has 0 unspecified atom stereocenters. The molecule has 1 aliphatic rings. The highest BCUT2D eigenvalue weighted by atomic mass is 35.5. The normalized spacial score (nSPS) is 13.6. The van der Waals surface area contributed by atoms with E-state index < -0.39 is 11.8 Å². The van der Waals surface area contributed by atoms with Crippen molar-refractivity contribution in [2.75, 3.05) is 48.8 Å². The Morgan fingerprint density at radius 3 is 1.85 bits per heavy atom. The van der Waals surface area contributed by atoms with Crippen LogP contribution in [0, 0.1) is 0 Å². The summed E-state index contributed by atoms with van der Waals surface area (Å²) in [4.78, 5) is 30.0. The lowest BCUT2D eigenvalue weighted by Gasteiger charge is -2.35. The molecule has 8 nitrogen and oxygen atoms in total. The third-order valence-electron chi connectivity index (χ3n) is 5.64. The molecule has 0 saturated carbocycles. The second-order valence-electron chi connectivity index (χ2n) is 7.96. The molecule has 0 radical (unpaired) electrons. The van der Waals surface area contributed by atoms with E-state index in [1.807, 2.05) is 6.07 Å². The summed E-state index contributed by atoms with van der Waals surface area (Å²) in [6.45, 7) is 3.36. The van der Waals surface area contributed by atoms with Gasteiger partial charge in [0, 0.05) is 31.9 Å². The highest BCUT2D eigenvalue weighted by molar-refractivity contribution is 6.09. The number of benzene rings is 3. The van der Waals surface area contributed by atoms with E-state index in [1.54, 1.807) is 42.5 Å². The number of anilines is 3. The van der Waals surface area contributed by atoms with Gasteiger partial charge in [0.1, 0.15) is 11.5 Å². The zero-order valence-corrected chi connectivity index (χ0v) is 19.5. The van der Waals surface area contributed by atoms with Crippen molar-refractivity contribution in [2.45, 2.75) is 0 Å². The fourth-order valence-corrected chi connectivity index (χ4v) is 3.76. The molecule has 9 heteroatoms. The molecule has 1 fully saturated rings. The lowest BCUT2D eigenvalue weighted by Crippen LogP contribution is -2.44. The largest absolute Gasteiger partial charge is 0.507 e. The van der Waals surface area contributed by atoms with Gasteiger partial charge in [-0.25, -0.2) is 0 Å². The topological polar surface area (TPSA) is 105 Å². The number of likely N-dealkylation sites (N-methyl/N-ethyl adjacent to an activating group) is 1. The van der Waals surface area contributed by atoms with Crippen molar-refractivity contribution in [1.82, 2.24) is 4.90 Å². The molecule has 4 rings (SSSR count). The van der Waals surface area contributed by atoms with Crippen LogP contribution in [0.5, 0.6) is 11.5 Å². The highest BCUT2D eigenvalue weighted by Gasteiger charge is 2.20. The summed E-state index contributed by atoms with van der Waals surface area (Å²) in [5.41, 5.74) is 2.12. The van der Waals surface area contributed by atoms with E-state index in [0.717, 1.165) is 31.9 Å². The van der Waals surface area contributed by atoms with Crippen molar-refractivity contribution in [3.63, 3.8) is 0 Å².